The van der Waals surface area contributed by atoms with Crippen LogP contribution < -0.4 is 10.2 Å². The lowest BCUT2D eigenvalue weighted by molar-refractivity contribution is -0.117. The molecular weight excluding hydrogens is 252 g/mol. The summed E-state index contributed by atoms with van der Waals surface area (Å²) < 4.78 is 5.99. The third-order valence-electron chi connectivity index (χ3n) is 4.49. The van der Waals surface area contributed by atoms with E-state index in [4.69, 9.17) is 4.74 Å². The fraction of sp³-hybridized carbons (Fsp3) is 0.562. The maximum atomic E-state index is 11.8. The monoisotopic (exact) mass is 274 g/mol. The molecule has 1 amide bonds. The molecule has 1 aromatic rings. The van der Waals surface area contributed by atoms with Gasteiger partial charge < -0.3 is 15.0 Å². The number of likely N-dealkylation sites (N-methyl/N-ethyl adjacent to an activating group) is 2. The Hall–Kier alpha value is -1.39. The summed E-state index contributed by atoms with van der Waals surface area (Å²) >= 11 is 0. The van der Waals surface area contributed by atoms with Crippen LogP contribution in [0.15, 0.2) is 18.2 Å². The smallest absolute Gasteiger partial charge is 0.231 e. The molecule has 2 aliphatic heterocycles. The van der Waals surface area contributed by atoms with Gasteiger partial charge in [-0.3, -0.25) is 4.79 Å². The SMILES string of the molecule is CNC(c1ccc2c(c1)CC(=O)N2C)C1CCC(C)O1. The fourth-order valence-corrected chi connectivity index (χ4v) is 3.33. The van der Waals surface area contributed by atoms with E-state index in [0.29, 0.717) is 12.5 Å². The van der Waals surface area contributed by atoms with Gasteiger partial charge in [-0.25, -0.2) is 0 Å². The van der Waals surface area contributed by atoms with Gasteiger partial charge in [-0.1, -0.05) is 12.1 Å². The quantitative estimate of drug-likeness (QED) is 0.917. The summed E-state index contributed by atoms with van der Waals surface area (Å²) in [5.41, 5.74) is 3.38. The second-order valence-electron chi connectivity index (χ2n) is 5.85. The molecular formula is C16H22N2O2. The number of benzene rings is 1. The molecule has 3 unspecified atom stereocenters. The number of amides is 1. The average Bonchev–Trinajstić information content (AvgIpc) is 2.96. The lowest BCUT2D eigenvalue weighted by atomic mass is 9.96. The molecule has 20 heavy (non-hydrogen) atoms. The number of rotatable bonds is 3. The third-order valence-corrected chi connectivity index (χ3v) is 4.49. The molecule has 0 aromatic heterocycles. The van der Waals surface area contributed by atoms with Gasteiger partial charge in [-0.15, -0.1) is 0 Å². The van der Waals surface area contributed by atoms with Crippen LogP contribution in [0, 0.1) is 0 Å². The molecule has 1 saturated heterocycles. The standard InChI is InChI=1S/C16H22N2O2/c1-10-4-7-14(20-10)16(17-2)11-5-6-13-12(8-11)9-15(19)18(13)3/h5-6,8,10,14,16-17H,4,7,9H2,1-3H3. The van der Waals surface area contributed by atoms with Crippen LogP contribution in [0.5, 0.6) is 0 Å². The largest absolute Gasteiger partial charge is 0.373 e. The highest BCUT2D eigenvalue weighted by atomic mass is 16.5. The lowest BCUT2D eigenvalue weighted by Gasteiger charge is -2.24. The number of fused-ring (bicyclic) bond motifs is 1. The van der Waals surface area contributed by atoms with E-state index < -0.39 is 0 Å². The van der Waals surface area contributed by atoms with Gasteiger partial charge in [-0.2, -0.15) is 0 Å². The summed E-state index contributed by atoms with van der Waals surface area (Å²) in [6.07, 6.45) is 3.29. The first-order valence-electron chi connectivity index (χ1n) is 7.32. The van der Waals surface area contributed by atoms with E-state index in [0.717, 1.165) is 24.1 Å². The molecule has 3 atom stereocenters. The van der Waals surface area contributed by atoms with Crippen molar-refractivity contribution in [2.45, 2.75) is 44.4 Å². The summed E-state index contributed by atoms with van der Waals surface area (Å²) in [6.45, 7) is 2.13. The summed E-state index contributed by atoms with van der Waals surface area (Å²) in [7, 11) is 3.81. The molecule has 2 aliphatic rings. The molecule has 0 spiro atoms. The predicted octanol–water partition coefficient (Wildman–Crippen LogP) is 2.03. The Morgan fingerprint density at radius 2 is 2.20 bits per heavy atom. The van der Waals surface area contributed by atoms with E-state index in [1.54, 1.807) is 4.90 Å². The first-order chi connectivity index (χ1) is 9.60. The molecule has 0 bridgehead atoms. The number of ether oxygens (including phenoxy) is 1. The normalized spacial score (nSPS) is 26.9. The summed E-state index contributed by atoms with van der Waals surface area (Å²) in [4.78, 5) is 13.5. The summed E-state index contributed by atoms with van der Waals surface area (Å²) in [5.74, 6) is 0.170. The Balaban J connectivity index is 1.87. The van der Waals surface area contributed by atoms with Gasteiger partial charge >= 0.3 is 0 Å². The Bertz CT molecular complexity index is 529. The third kappa shape index (κ3) is 2.23. The van der Waals surface area contributed by atoms with Crippen molar-refractivity contribution >= 4 is 11.6 Å². The summed E-state index contributed by atoms with van der Waals surface area (Å²) in [5, 5.41) is 3.37. The minimum Gasteiger partial charge on any atom is -0.373 e. The number of hydrogen-bond acceptors (Lipinski definition) is 3. The maximum Gasteiger partial charge on any atom is 0.231 e. The molecule has 4 heteroatoms. The van der Waals surface area contributed by atoms with Crippen molar-refractivity contribution in [3.63, 3.8) is 0 Å². The molecule has 0 aliphatic carbocycles. The first kappa shape index (κ1) is 13.6. The number of carbonyl (C=O) groups is 1. The topological polar surface area (TPSA) is 41.6 Å². The number of carbonyl (C=O) groups excluding carboxylic acids is 1. The molecule has 108 valence electrons. The van der Waals surface area contributed by atoms with Gasteiger partial charge in [-0.05, 0) is 44.0 Å². The Morgan fingerprint density at radius 1 is 1.40 bits per heavy atom. The van der Waals surface area contributed by atoms with Gasteiger partial charge in [0.15, 0.2) is 0 Å². The molecule has 0 radical (unpaired) electrons. The van der Waals surface area contributed by atoms with Crippen LogP contribution in [-0.4, -0.2) is 32.2 Å². The van der Waals surface area contributed by atoms with E-state index in [2.05, 4.69) is 30.4 Å². The van der Waals surface area contributed by atoms with Gasteiger partial charge in [0.05, 0.1) is 24.7 Å². The first-order valence-corrected chi connectivity index (χ1v) is 7.32. The molecule has 2 heterocycles. The summed E-state index contributed by atoms with van der Waals surface area (Å²) in [6, 6.07) is 6.52. The van der Waals surface area contributed by atoms with Gasteiger partial charge in [0.1, 0.15) is 0 Å². The van der Waals surface area contributed by atoms with Crippen molar-refractivity contribution in [1.82, 2.24) is 5.32 Å². The molecule has 0 saturated carbocycles. The number of anilines is 1. The molecule has 1 N–H and O–H groups in total. The van der Waals surface area contributed by atoms with Crippen molar-refractivity contribution in [2.75, 3.05) is 19.0 Å². The van der Waals surface area contributed by atoms with Crippen molar-refractivity contribution in [2.24, 2.45) is 0 Å². The predicted molar refractivity (Wildman–Crippen MR) is 78.9 cm³/mol. The molecule has 1 aromatic carbocycles. The van der Waals surface area contributed by atoms with Crippen LogP contribution in [0.4, 0.5) is 5.69 Å². The number of nitrogens with zero attached hydrogens (tertiary/aromatic N) is 1. The Labute approximate surface area is 120 Å². The van der Waals surface area contributed by atoms with E-state index in [9.17, 15) is 4.79 Å². The zero-order valence-corrected chi connectivity index (χ0v) is 12.3. The van der Waals surface area contributed by atoms with E-state index in [-0.39, 0.29) is 18.1 Å². The van der Waals surface area contributed by atoms with Crippen LogP contribution in [0.25, 0.3) is 0 Å². The van der Waals surface area contributed by atoms with Crippen LogP contribution in [-0.2, 0) is 16.0 Å². The number of hydrogen-bond donors (Lipinski definition) is 1. The van der Waals surface area contributed by atoms with Gasteiger partial charge in [0, 0.05) is 12.7 Å². The molecule has 4 nitrogen and oxygen atoms in total. The van der Waals surface area contributed by atoms with Crippen molar-refractivity contribution < 1.29 is 9.53 Å². The van der Waals surface area contributed by atoms with E-state index >= 15 is 0 Å². The van der Waals surface area contributed by atoms with Crippen molar-refractivity contribution in [3.8, 4) is 0 Å². The average molecular weight is 274 g/mol. The van der Waals surface area contributed by atoms with Crippen molar-refractivity contribution in [1.29, 1.82) is 0 Å². The Morgan fingerprint density at radius 3 is 2.85 bits per heavy atom. The minimum atomic E-state index is 0.170. The second kappa shape index (κ2) is 5.19. The van der Waals surface area contributed by atoms with Crippen LogP contribution in [0.2, 0.25) is 0 Å². The second-order valence-corrected chi connectivity index (χ2v) is 5.85. The molecule has 1 fully saturated rings. The van der Waals surface area contributed by atoms with Crippen LogP contribution >= 0.6 is 0 Å². The minimum absolute atomic E-state index is 0.170. The van der Waals surface area contributed by atoms with Crippen molar-refractivity contribution in [3.05, 3.63) is 29.3 Å². The highest BCUT2D eigenvalue weighted by molar-refractivity contribution is 6.00. The lowest BCUT2D eigenvalue weighted by Crippen LogP contribution is -2.29. The zero-order valence-electron chi connectivity index (χ0n) is 12.3. The van der Waals surface area contributed by atoms with E-state index in [1.165, 1.54) is 5.56 Å². The van der Waals surface area contributed by atoms with Crippen LogP contribution in [0.1, 0.15) is 36.9 Å². The maximum absolute atomic E-state index is 11.8. The van der Waals surface area contributed by atoms with Crippen LogP contribution in [0.3, 0.4) is 0 Å². The zero-order chi connectivity index (χ0) is 14.3. The van der Waals surface area contributed by atoms with Gasteiger partial charge in [0.2, 0.25) is 5.91 Å². The highest BCUT2D eigenvalue weighted by Gasteiger charge is 2.31. The van der Waals surface area contributed by atoms with Gasteiger partial charge in [0.25, 0.3) is 0 Å². The fourth-order valence-electron chi connectivity index (χ4n) is 3.33. The van der Waals surface area contributed by atoms with E-state index in [1.807, 2.05) is 14.1 Å². The highest BCUT2D eigenvalue weighted by Crippen LogP contribution is 2.34. The Kier molecular flexibility index (Phi) is 3.52. The molecule has 3 rings (SSSR count). The number of nitrogens with one attached hydrogen (secondary N) is 1.